The SMILES string of the molecule is C=CCN(CC(=O)Nc1ncc(C)s1)C(=O)C1CC1. The number of rotatable bonds is 6. The van der Waals surface area contributed by atoms with Gasteiger partial charge in [-0.15, -0.1) is 17.9 Å². The standard InChI is InChI=1S/C13H17N3O2S/c1-3-6-16(12(18)10-4-5-10)8-11(17)15-13-14-7-9(2)19-13/h3,7,10H,1,4-6,8H2,2H3,(H,14,15,17). The number of carbonyl (C=O) groups is 2. The van der Waals surface area contributed by atoms with Gasteiger partial charge in [0.15, 0.2) is 5.13 Å². The van der Waals surface area contributed by atoms with Gasteiger partial charge in [0.1, 0.15) is 6.54 Å². The number of nitrogens with one attached hydrogen (secondary N) is 1. The molecule has 102 valence electrons. The molecule has 6 heteroatoms. The van der Waals surface area contributed by atoms with Crippen LogP contribution >= 0.6 is 11.3 Å². The summed E-state index contributed by atoms with van der Waals surface area (Å²) in [5.41, 5.74) is 0. The summed E-state index contributed by atoms with van der Waals surface area (Å²) in [6, 6.07) is 0. The van der Waals surface area contributed by atoms with Gasteiger partial charge in [0.2, 0.25) is 11.8 Å². The second kappa shape index (κ2) is 5.97. The molecule has 0 aliphatic heterocycles. The van der Waals surface area contributed by atoms with Crippen molar-refractivity contribution in [2.24, 2.45) is 5.92 Å². The first-order valence-electron chi connectivity index (χ1n) is 6.22. The fourth-order valence-corrected chi connectivity index (χ4v) is 2.40. The smallest absolute Gasteiger partial charge is 0.245 e. The van der Waals surface area contributed by atoms with Crippen LogP contribution in [0.3, 0.4) is 0 Å². The number of hydrogen-bond acceptors (Lipinski definition) is 4. The van der Waals surface area contributed by atoms with Crippen LogP contribution < -0.4 is 5.32 Å². The van der Waals surface area contributed by atoms with Crippen LogP contribution in [0.25, 0.3) is 0 Å². The molecule has 2 rings (SSSR count). The van der Waals surface area contributed by atoms with Crippen LogP contribution in [-0.2, 0) is 9.59 Å². The first-order valence-corrected chi connectivity index (χ1v) is 7.03. The molecule has 1 saturated carbocycles. The van der Waals surface area contributed by atoms with Crippen LogP contribution in [0, 0.1) is 12.8 Å². The number of aryl methyl sites for hydroxylation is 1. The fourth-order valence-electron chi connectivity index (χ4n) is 1.72. The van der Waals surface area contributed by atoms with Crippen molar-refractivity contribution in [3.05, 3.63) is 23.7 Å². The lowest BCUT2D eigenvalue weighted by molar-refractivity contribution is -0.135. The topological polar surface area (TPSA) is 62.3 Å². The van der Waals surface area contributed by atoms with Gasteiger partial charge in [0.25, 0.3) is 0 Å². The lowest BCUT2D eigenvalue weighted by Crippen LogP contribution is -2.38. The minimum absolute atomic E-state index is 0.0466. The molecule has 1 aliphatic rings. The molecule has 0 atom stereocenters. The summed E-state index contributed by atoms with van der Waals surface area (Å²) in [5.74, 6) is -0.0644. The van der Waals surface area contributed by atoms with Crippen molar-refractivity contribution in [1.82, 2.24) is 9.88 Å². The third-order valence-corrected chi connectivity index (χ3v) is 3.62. The van der Waals surface area contributed by atoms with E-state index in [1.54, 1.807) is 17.2 Å². The number of thiazole rings is 1. The third-order valence-electron chi connectivity index (χ3n) is 2.79. The van der Waals surface area contributed by atoms with E-state index in [4.69, 9.17) is 0 Å². The van der Waals surface area contributed by atoms with E-state index < -0.39 is 0 Å². The number of amides is 2. The minimum atomic E-state index is -0.217. The highest BCUT2D eigenvalue weighted by Gasteiger charge is 2.33. The Balaban J connectivity index is 1.90. The molecule has 1 N–H and O–H groups in total. The predicted octanol–water partition coefficient (Wildman–Crippen LogP) is 1.81. The molecule has 1 aromatic heterocycles. The van der Waals surface area contributed by atoms with E-state index in [9.17, 15) is 9.59 Å². The molecule has 0 radical (unpaired) electrons. The first-order chi connectivity index (χ1) is 9.10. The molecule has 19 heavy (non-hydrogen) atoms. The molecular formula is C13H17N3O2S. The minimum Gasteiger partial charge on any atom is -0.329 e. The number of carbonyl (C=O) groups excluding carboxylic acids is 2. The molecule has 0 bridgehead atoms. The number of nitrogens with zero attached hydrogens (tertiary/aromatic N) is 2. The van der Waals surface area contributed by atoms with Crippen LogP contribution in [0.1, 0.15) is 17.7 Å². The highest BCUT2D eigenvalue weighted by molar-refractivity contribution is 7.15. The zero-order valence-corrected chi connectivity index (χ0v) is 11.7. The van der Waals surface area contributed by atoms with Crippen LogP contribution in [0.15, 0.2) is 18.9 Å². The monoisotopic (exact) mass is 279 g/mol. The van der Waals surface area contributed by atoms with Gasteiger partial charge >= 0.3 is 0 Å². The van der Waals surface area contributed by atoms with E-state index in [2.05, 4.69) is 16.9 Å². The predicted molar refractivity (Wildman–Crippen MR) is 75.0 cm³/mol. The number of hydrogen-bond donors (Lipinski definition) is 1. The molecule has 5 nitrogen and oxygen atoms in total. The molecule has 0 saturated heterocycles. The summed E-state index contributed by atoms with van der Waals surface area (Å²) in [7, 11) is 0. The van der Waals surface area contributed by atoms with Crippen molar-refractivity contribution in [3.63, 3.8) is 0 Å². The van der Waals surface area contributed by atoms with E-state index in [-0.39, 0.29) is 24.3 Å². The maximum atomic E-state index is 12.0. The lowest BCUT2D eigenvalue weighted by Gasteiger charge is -2.20. The Kier molecular flexibility index (Phi) is 4.31. The molecule has 2 amide bonds. The Hall–Kier alpha value is -1.69. The van der Waals surface area contributed by atoms with E-state index in [1.807, 2.05) is 6.92 Å². The summed E-state index contributed by atoms with van der Waals surface area (Å²) >= 11 is 1.42. The molecule has 0 spiro atoms. The highest BCUT2D eigenvalue weighted by atomic mass is 32.1. The molecule has 0 aromatic carbocycles. The number of anilines is 1. The highest BCUT2D eigenvalue weighted by Crippen LogP contribution is 2.30. The van der Waals surface area contributed by atoms with Gasteiger partial charge in [-0.25, -0.2) is 4.98 Å². The van der Waals surface area contributed by atoms with Gasteiger partial charge in [-0.1, -0.05) is 6.08 Å². The van der Waals surface area contributed by atoms with Gasteiger partial charge in [0, 0.05) is 23.5 Å². The summed E-state index contributed by atoms with van der Waals surface area (Å²) in [5, 5.41) is 3.28. The largest absolute Gasteiger partial charge is 0.329 e. The molecule has 1 aromatic rings. The lowest BCUT2D eigenvalue weighted by atomic mass is 10.3. The second-order valence-corrected chi connectivity index (χ2v) is 5.84. The first kappa shape index (κ1) is 13.7. The average molecular weight is 279 g/mol. The zero-order chi connectivity index (χ0) is 13.8. The quantitative estimate of drug-likeness (QED) is 0.808. The molecule has 0 unspecified atom stereocenters. The van der Waals surface area contributed by atoms with Gasteiger partial charge in [-0.05, 0) is 19.8 Å². The summed E-state index contributed by atoms with van der Waals surface area (Å²) < 4.78 is 0. The normalized spacial score (nSPS) is 13.9. The van der Waals surface area contributed by atoms with Crippen molar-refractivity contribution in [2.45, 2.75) is 19.8 Å². The summed E-state index contributed by atoms with van der Waals surface area (Å²) in [6.07, 6.45) is 5.21. The van der Waals surface area contributed by atoms with E-state index >= 15 is 0 Å². The van der Waals surface area contributed by atoms with Crippen LogP contribution in [0.2, 0.25) is 0 Å². The van der Waals surface area contributed by atoms with E-state index in [1.165, 1.54) is 11.3 Å². The Morgan fingerprint density at radius 1 is 1.63 bits per heavy atom. The van der Waals surface area contributed by atoms with Gasteiger partial charge in [-0.2, -0.15) is 0 Å². The van der Waals surface area contributed by atoms with E-state index in [0.29, 0.717) is 11.7 Å². The van der Waals surface area contributed by atoms with Gasteiger partial charge in [0.05, 0.1) is 0 Å². The van der Waals surface area contributed by atoms with Crippen LogP contribution in [0.5, 0.6) is 0 Å². The Labute approximate surface area is 116 Å². The maximum absolute atomic E-state index is 12.0. The number of aromatic nitrogens is 1. The maximum Gasteiger partial charge on any atom is 0.245 e. The Morgan fingerprint density at radius 3 is 2.89 bits per heavy atom. The van der Waals surface area contributed by atoms with E-state index in [0.717, 1.165) is 17.7 Å². The Morgan fingerprint density at radius 2 is 2.37 bits per heavy atom. The van der Waals surface area contributed by atoms with Gasteiger partial charge < -0.3 is 10.2 Å². The Bertz CT molecular complexity index is 494. The van der Waals surface area contributed by atoms with Crippen molar-refractivity contribution in [1.29, 1.82) is 0 Å². The third kappa shape index (κ3) is 3.89. The van der Waals surface area contributed by atoms with Crippen LogP contribution in [0.4, 0.5) is 5.13 Å². The van der Waals surface area contributed by atoms with Crippen molar-refractivity contribution in [3.8, 4) is 0 Å². The average Bonchev–Trinajstić information content (AvgIpc) is 3.13. The van der Waals surface area contributed by atoms with Crippen molar-refractivity contribution in [2.75, 3.05) is 18.4 Å². The zero-order valence-electron chi connectivity index (χ0n) is 10.9. The van der Waals surface area contributed by atoms with Crippen molar-refractivity contribution < 1.29 is 9.59 Å². The fraction of sp³-hybridized carbons (Fsp3) is 0.462. The summed E-state index contributed by atoms with van der Waals surface area (Å²) in [4.78, 5) is 30.5. The van der Waals surface area contributed by atoms with Crippen molar-refractivity contribution >= 4 is 28.3 Å². The summed E-state index contributed by atoms with van der Waals surface area (Å²) in [6.45, 7) is 6.00. The van der Waals surface area contributed by atoms with Crippen LogP contribution in [-0.4, -0.2) is 34.8 Å². The second-order valence-electron chi connectivity index (χ2n) is 4.61. The molecule has 1 fully saturated rings. The molecule has 1 aliphatic carbocycles. The molecule has 1 heterocycles. The molecular weight excluding hydrogens is 262 g/mol. The van der Waals surface area contributed by atoms with Gasteiger partial charge in [-0.3, -0.25) is 9.59 Å².